The third kappa shape index (κ3) is 5.79. The molecule has 3 rings (SSSR count). The first-order chi connectivity index (χ1) is 13.2. The number of thiophene rings is 1. The molecule has 2 atom stereocenters. The highest BCUT2D eigenvalue weighted by molar-refractivity contribution is 7.10. The summed E-state index contributed by atoms with van der Waals surface area (Å²) in [6, 6.07) is 12.7. The number of ether oxygens (including phenoxy) is 1. The lowest BCUT2D eigenvalue weighted by atomic mass is 10.1. The number of amides is 1. The highest BCUT2D eigenvalue weighted by Crippen LogP contribution is 2.17. The van der Waals surface area contributed by atoms with E-state index < -0.39 is 0 Å². The van der Waals surface area contributed by atoms with Crippen LogP contribution in [0.1, 0.15) is 37.1 Å². The monoisotopic (exact) mass is 389 g/mol. The van der Waals surface area contributed by atoms with Crippen molar-refractivity contribution in [2.75, 3.05) is 32.1 Å². The first kappa shape index (κ1) is 19.9. The van der Waals surface area contributed by atoms with Crippen molar-refractivity contribution in [2.45, 2.75) is 38.3 Å². The molecule has 27 heavy (non-hydrogen) atoms. The average molecular weight is 390 g/mol. The lowest BCUT2D eigenvalue weighted by Gasteiger charge is -2.23. The van der Waals surface area contributed by atoms with Crippen molar-refractivity contribution in [3.63, 3.8) is 0 Å². The molecule has 0 unspecified atom stereocenters. The number of likely N-dealkylation sites (tertiary alicyclic amines) is 1. The van der Waals surface area contributed by atoms with Crippen molar-refractivity contribution >= 4 is 22.9 Å². The minimum Gasteiger partial charge on any atom is -0.497 e. The van der Waals surface area contributed by atoms with Gasteiger partial charge in [0, 0.05) is 24.6 Å². The van der Waals surface area contributed by atoms with Gasteiger partial charge in [-0.3, -0.25) is 4.79 Å². The van der Waals surface area contributed by atoms with Crippen LogP contribution in [0.5, 0.6) is 5.75 Å². The number of anilines is 1. The Kier molecular flexibility index (Phi) is 7.26. The first-order valence-electron chi connectivity index (χ1n) is 9.81. The van der Waals surface area contributed by atoms with E-state index >= 15 is 0 Å². The molecule has 146 valence electrons. The van der Waals surface area contributed by atoms with Crippen LogP contribution in [0.4, 0.5) is 5.69 Å². The highest BCUT2D eigenvalue weighted by Gasteiger charge is 2.30. The maximum Gasteiger partial charge on any atom is 0.230 e. The third-order valence-corrected chi connectivity index (χ3v) is 6.25. The number of carbonyl (C=O) groups is 1. The van der Waals surface area contributed by atoms with E-state index in [-0.39, 0.29) is 11.9 Å². The quantitative estimate of drug-likeness (QED) is 0.608. The van der Waals surface area contributed by atoms with Crippen LogP contribution in [0.3, 0.4) is 0 Å². The molecule has 2 heterocycles. The molecule has 5 nitrogen and oxygen atoms in total. The Morgan fingerprint density at radius 3 is 2.81 bits per heavy atom. The Morgan fingerprint density at radius 2 is 2.11 bits per heavy atom. The fraction of sp³-hybridized carbons (Fsp3) is 0.476. The molecule has 0 aliphatic carbocycles. The summed E-state index contributed by atoms with van der Waals surface area (Å²) in [4.78, 5) is 15.5. The zero-order valence-corrected chi connectivity index (χ0v) is 17.1. The Bertz CT molecular complexity index is 714. The van der Waals surface area contributed by atoms with Crippen molar-refractivity contribution in [1.82, 2.24) is 0 Å². The fourth-order valence-corrected chi connectivity index (χ4v) is 4.71. The van der Waals surface area contributed by atoms with Crippen LogP contribution in [0, 0.1) is 0 Å². The second-order valence-corrected chi connectivity index (χ2v) is 8.35. The topological polar surface area (TPSA) is 59.4 Å². The van der Waals surface area contributed by atoms with E-state index in [0.29, 0.717) is 12.5 Å². The van der Waals surface area contributed by atoms with Crippen molar-refractivity contribution in [1.29, 1.82) is 0 Å². The van der Waals surface area contributed by atoms with Gasteiger partial charge in [0.2, 0.25) is 5.91 Å². The summed E-state index contributed by atoms with van der Waals surface area (Å²) < 4.78 is 5.21. The summed E-state index contributed by atoms with van der Waals surface area (Å²) in [5, 5.41) is 7.48. The van der Waals surface area contributed by atoms with Gasteiger partial charge in [-0.05, 0) is 30.5 Å². The Hall–Kier alpha value is -1.89. The fourth-order valence-electron chi connectivity index (χ4n) is 3.81. The molecule has 6 heteroatoms. The largest absolute Gasteiger partial charge is 0.497 e. The smallest absolute Gasteiger partial charge is 0.230 e. The summed E-state index contributed by atoms with van der Waals surface area (Å²) in [5.41, 5.74) is 0.782. The second-order valence-electron chi connectivity index (χ2n) is 7.37. The molecule has 1 aliphatic rings. The number of hydrogen-bond donors (Lipinski definition) is 3. The van der Waals surface area contributed by atoms with Crippen LogP contribution in [-0.4, -0.2) is 38.7 Å². The Morgan fingerprint density at radius 1 is 1.30 bits per heavy atom. The number of nitrogens with two attached hydrogens (primary N) is 1. The molecule has 0 radical (unpaired) electrons. The maximum absolute atomic E-state index is 12.4. The molecule has 1 fully saturated rings. The van der Waals surface area contributed by atoms with Gasteiger partial charge >= 0.3 is 0 Å². The van der Waals surface area contributed by atoms with Crippen LogP contribution in [0.15, 0.2) is 41.8 Å². The molecule has 1 amide bonds. The Labute approximate surface area is 165 Å². The predicted octanol–water partition coefficient (Wildman–Crippen LogP) is 1.46. The molecular weight excluding hydrogens is 358 g/mol. The van der Waals surface area contributed by atoms with E-state index in [0.717, 1.165) is 18.0 Å². The summed E-state index contributed by atoms with van der Waals surface area (Å²) in [6.07, 6.45) is 3.16. The number of benzene rings is 1. The van der Waals surface area contributed by atoms with Crippen molar-refractivity contribution < 1.29 is 19.7 Å². The number of carbonyl (C=O) groups excluding carboxylic acids is 1. The average Bonchev–Trinajstić information content (AvgIpc) is 3.36. The predicted molar refractivity (Wildman–Crippen MR) is 109 cm³/mol. The van der Waals surface area contributed by atoms with Gasteiger partial charge in [-0.1, -0.05) is 12.1 Å². The molecular formula is C21H31N3O2S+2. The van der Waals surface area contributed by atoms with Gasteiger partial charge in [0.25, 0.3) is 0 Å². The van der Waals surface area contributed by atoms with Gasteiger partial charge in [-0.25, -0.2) is 0 Å². The van der Waals surface area contributed by atoms with Gasteiger partial charge in [0.1, 0.15) is 12.3 Å². The van der Waals surface area contributed by atoms with E-state index in [1.165, 1.54) is 30.8 Å². The number of quaternary nitrogens is 2. The van der Waals surface area contributed by atoms with Gasteiger partial charge in [-0.2, -0.15) is 0 Å². The zero-order chi connectivity index (χ0) is 19.1. The van der Waals surface area contributed by atoms with E-state index in [2.05, 4.69) is 35.1 Å². The Balaban J connectivity index is 1.50. The zero-order valence-electron chi connectivity index (χ0n) is 16.2. The molecule has 0 saturated carbocycles. The molecule has 1 aromatic carbocycles. The molecule has 1 aliphatic heterocycles. The lowest BCUT2D eigenvalue weighted by molar-refractivity contribution is -0.935. The van der Waals surface area contributed by atoms with Crippen molar-refractivity contribution in [3.8, 4) is 5.75 Å². The molecule has 0 spiro atoms. The number of nitrogens with one attached hydrogen (secondary N) is 2. The minimum absolute atomic E-state index is 0.0493. The van der Waals surface area contributed by atoms with E-state index in [1.807, 2.05) is 35.6 Å². The van der Waals surface area contributed by atoms with Crippen molar-refractivity contribution in [2.24, 2.45) is 0 Å². The molecule has 4 N–H and O–H groups in total. The molecule has 1 saturated heterocycles. The van der Waals surface area contributed by atoms with E-state index in [9.17, 15) is 4.79 Å². The summed E-state index contributed by atoms with van der Waals surface area (Å²) in [6.45, 7) is 5.70. The third-order valence-electron chi connectivity index (χ3n) is 5.26. The highest BCUT2D eigenvalue weighted by atomic mass is 32.1. The molecule has 1 aromatic heterocycles. The maximum atomic E-state index is 12.4. The van der Waals surface area contributed by atoms with Gasteiger partial charge in [0.05, 0.1) is 37.5 Å². The summed E-state index contributed by atoms with van der Waals surface area (Å²) in [5.74, 6) is 0.799. The van der Waals surface area contributed by atoms with Crippen LogP contribution >= 0.6 is 11.3 Å². The van der Waals surface area contributed by atoms with Crippen LogP contribution in [0.2, 0.25) is 0 Å². The van der Waals surface area contributed by atoms with Gasteiger partial charge in [0.15, 0.2) is 6.04 Å². The standard InChI is InChI=1S/C21H29N3O2S/c1-16(13-21(25)23-17-7-5-8-18(14-17)26-2)22-15-19(20-9-6-12-27-20)24-10-3-4-11-24/h5-9,12,14,16,19,22H,3-4,10-11,13,15H2,1-2H3,(H,23,25)/p+2/t16-,19-/m0/s1. The second kappa shape index (κ2) is 9.88. The first-order valence-corrected chi connectivity index (χ1v) is 10.7. The summed E-state index contributed by atoms with van der Waals surface area (Å²) >= 11 is 1.86. The van der Waals surface area contributed by atoms with Gasteiger partial charge < -0.3 is 20.3 Å². The number of methoxy groups -OCH3 is 1. The van der Waals surface area contributed by atoms with E-state index in [1.54, 1.807) is 12.0 Å². The van der Waals surface area contributed by atoms with Crippen molar-refractivity contribution in [3.05, 3.63) is 46.7 Å². The van der Waals surface area contributed by atoms with E-state index in [4.69, 9.17) is 4.74 Å². The lowest BCUT2D eigenvalue weighted by Crippen LogP contribution is -3.13. The molecule has 2 aromatic rings. The van der Waals surface area contributed by atoms with Crippen LogP contribution in [-0.2, 0) is 4.79 Å². The number of hydrogen-bond acceptors (Lipinski definition) is 3. The van der Waals surface area contributed by atoms with Crippen LogP contribution in [0.25, 0.3) is 0 Å². The summed E-state index contributed by atoms with van der Waals surface area (Å²) in [7, 11) is 1.63. The van der Waals surface area contributed by atoms with Gasteiger partial charge in [-0.15, -0.1) is 11.3 Å². The minimum atomic E-state index is 0.0493. The normalized spacial score (nSPS) is 16.8. The number of rotatable bonds is 9. The van der Waals surface area contributed by atoms with Crippen LogP contribution < -0.4 is 20.3 Å². The molecule has 0 bridgehead atoms. The SMILES string of the molecule is COc1cccc(NC(=O)C[C@H](C)[NH2+]C[C@@H](c2cccs2)[NH+]2CCCC2)c1.